The maximum absolute atomic E-state index is 13.0. The highest BCUT2D eigenvalue weighted by molar-refractivity contribution is 5.29. The smallest absolute Gasteiger partial charge is 0.123 e. The predicted molar refractivity (Wildman–Crippen MR) is 65.3 cm³/mol. The van der Waals surface area contributed by atoms with E-state index in [1.165, 1.54) is 6.07 Å². The summed E-state index contributed by atoms with van der Waals surface area (Å²) in [6, 6.07) is 4.90. The van der Waals surface area contributed by atoms with Crippen LogP contribution in [-0.2, 0) is 0 Å². The number of aryl methyl sites for hydroxylation is 1. The Bertz CT molecular complexity index is 355. The van der Waals surface area contributed by atoms with Crippen molar-refractivity contribution in [1.29, 1.82) is 0 Å². The van der Waals surface area contributed by atoms with Gasteiger partial charge >= 0.3 is 0 Å². The number of benzene rings is 1. The normalized spacial score (nSPS) is 13.9. The minimum absolute atomic E-state index is 0.0700. The molecule has 16 heavy (non-hydrogen) atoms. The highest BCUT2D eigenvalue weighted by atomic mass is 19.1. The van der Waals surface area contributed by atoms with Crippen LogP contribution < -0.4 is 11.3 Å². The van der Waals surface area contributed by atoms with Crippen LogP contribution in [0.3, 0.4) is 0 Å². The van der Waals surface area contributed by atoms with Crippen LogP contribution in [0.1, 0.15) is 44.4 Å². The molecule has 0 amide bonds. The molecule has 0 heterocycles. The van der Waals surface area contributed by atoms with Crippen molar-refractivity contribution in [3.8, 4) is 0 Å². The SMILES string of the molecule is Cc1cc(F)ccc1C(CC(C)(C)C)NN. The lowest BCUT2D eigenvalue weighted by atomic mass is 9.84. The number of nitrogens with two attached hydrogens (primary N) is 1. The third-order valence-corrected chi connectivity index (χ3v) is 2.62. The summed E-state index contributed by atoms with van der Waals surface area (Å²) in [6.45, 7) is 8.40. The third kappa shape index (κ3) is 3.58. The van der Waals surface area contributed by atoms with Gasteiger partial charge in [-0.15, -0.1) is 0 Å². The van der Waals surface area contributed by atoms with Gasteiger partial charge in [-0.05, 0) is 42.0 Å². The van der Waals surface area contributed by atoms with Crippen molar-refractivity contribution >= 4 is 0 Å². The molecule has 0 fully saturated rings. The zero-order chi connectivity index (χ0) is 12.3. The summed E-state index contributed by atoms with van der Waals surface area (Å²) in [5.41, 5.74) is 5.00. The Kier molecular flexibility index (Phi) is 4.05. The Morgan fingerprint density at radius 2 is 2.00 bits per heavy atom. The Labute approximate surface area is 97.0 Å². The average molecular weight is 224 g/mol. The Balaban J connectivity index is 2.95. The van der Waals surface area contributed by atoms with E-state index in [1.54, 1.807) is 12.1 Å². The fourth-order valence-electron chi connectivity index (χ4n) is 1.90. The van der Waals surface area contributed by atoms with Crippen LogP contribution >= 0.6 is 0 Å². The molecule has 3 N–H and O–H groups in total. The average Bonchev–Trinajstić information content (AvgIpc) is 2.13. The molecule has 0 saturated heterocycles. The van der Waals surface area contributed by atoms with Gasteiger partial charge in [0.15, 0.2) is 0 Å². The number of hydrogen-bond acceptors (Lipinski definition) is 2. The van der Waals surface area contributed by atoms with Crippen LogP contribution in [0.15, 0.2) is 18.2 Å². The van der Waals surface area contributed by atoms with E-state index in [-0.39, 0.29) is 17.3 Å². The lowest BCUT2D eigenvalue weighted by molar-refractivity contribution is 0.313. The van der Waals surface area contributed by atoms with Crippen molar-refractivity contribution in [3.05, 3.63) is 35.1 Å². The van der Waals surface area contributed by atoms with Crippen molar-refractivity contribution in [2.24, 2.45) is 11.3 Å². The second-order valence-corrected chi connectivity index (χ2v) is 5.48. The van der Waals surface area contributed by atoms with Crippen molar-refractivity contribution < 1.29 is 4.39 Å². The van der Waals surface area contributed by atoms with Gasteiger partial charge in [0.1, 0.15) is 5.82 Å². The Morgan fingerprint density at radius 1 is 1.38 bits per heavy atom. The predicted octanol–water partition coefficient (Wildman–Crippen LogP) is 3.07. The van der Waals surface area contributed by atoms with Crippen LogP contribution in [0.4, 0.5) is 4.39 Å². The molecule has 0 aliphatic rings. The molecule has 1 unspecified atom stereocenters. The summed E-state index contributed by atoms with van der Waals surface area (Å²) in [4.78, 5) is 0. The minimum atomic E-state index is -0.201. The Hall–Kier alpha value is -0.930. The van der Waals surface area contributed by atoms with Crippen LogP contribution in [0, 0.1) is 18.2 Å². The number of rotatable bonds is 3. The summed E-state index contributed by atoms with van der Waals surface area (Å²) in [5, 5.41) is 0. The molecule has 0 aliphatic heterocycles. The van der Waals surface area contributed by atoms with Gasteiger partial charge in [0.25, 0.3) is 0 Å². The van der Waals surface area contributed by atoms with Gasteiger partial charge in [0.2, 0.25) is 0 Å². The maximum Gasteiger partial charge on any atom is 0.123 e. The molecule has 3 heteroatoms. The number of hydrogen-bond donors (Lipinski definition) is 2. The second kappa shape index (κ2) is 4.93. The lowest BCUT2D eigenvalue weighted by Gasteiger charge is -2.26. The zero-order valence-corrected chi connectivity index (χ0v) is 10.5. The number of nitrogens with one attached hydrogen (secondary N) is 1. The molecule has 1 rings (SSSR count). The van der Waals surface area contributed by atoms with Crippen molar-refractivity contribution in [2.45, 2.75) is 40.2 Å². The topological polar surface area (TPSA) is 38.0 Å². The third-order valence-electron chi connectivity index (χ3n) is 2.62. The molecule has 0 radical (unpaired) electrons. The van der Waals surface area contributed by atoms with Crippen molar-refractivity contribution in [1.82, 2.24) is 5.43 Å². The molecule has 0 aromatic heterocycles. The van der Waals surface area contributed by atoms with E-state index in [0.29, 0.717) is 0 Å². The van der Waals surface area contributed by atoms with Crippen LogP contribution in [0.25, 0.3) is 0 Å². The lowest BCUT2D eigenvalue weighted by Crippen LogP contribution is -2.31. The van der Waals surface area contributed by atoms with E-state index in [1.807, 2.05) is 6.92 Å². The van der Waals surface area contributed by atoms with E-state index in [0.717, 1.165) is 17.5 Å². The van der Waals surface area contributed by atoms with Crippen LogP contribution in [0.2, 0.25) is 0 Å². The van der Waals surface area contributed by atoms with Gasteiger partial charge in [-0.1, -0.05) is 26.8 Å². The number of halogens is 1. The first-order valence-corrected chi connectivity index (χ1v) is 5.55. The molecule has 0 bridgehead atoms. The molecule has 90 valence electrons. The van der Waals surface area contributed by atoms with Crippen molar-refractivity contribution in [2.75, 3.05) is 0 Å². The fourth-order valence-corrected chi connectivity index (χ4v) is 1.90. The first kappa shape index (κ1) is 13.1. The molecular weight excluding hydrogens is 203 g/mol. The van der Waals surface area contributed by atoms with E-state index >= 15 is 0 Å². The summed E-state index contributed by atoms with van der Waals surface area (Å²) in [7, 11) is 0. The first-order valence-electron chi connectivity index (χ1n) is 5.55. The highest BCUT2D eigenvalue weighted by Gasteiger charge is 2.20. The maximum atomic E-state index is 13.0. The van der Waals surface area contributed by atoms with Gasteiger partial charge in [0.05, 0.1) is 0 Å². The molecule has 1 aromatic carbocycles. The zero-order valence-electron chi connectivity index (χ0n) is 10.5. The summed E-state index contributed by atoms with van der Waals surface area (Å²) >= 11 is 0. The highest BCUT2D eigenvalue weighted by Crippen LogP contribution is 2.30. The minimum Gasteiger partial charge on any atom is -0.271 e. The Morgan fingerprint density at radius 3 is 2.44 bits per heavy atom. The monoisotopic (exact) mass is 224 g/mol. The summed E-state index contributed by atoms with van der Waals surface area (Å²) in [5.74, 6) is 5.37. The first-order chi connectivity index (χ1) is 7.33. The van der Waals surface area contributed by atoms with E-state index in [2.05, 4.69) is 26.2 Å². The summed E-state index contributed by atoms with van der Waals surface area (Å²) < 4.78 is 13.0. The van der Waals surface area contributed by atoms with Gasteiger partial charge in [-0.3, -0.25) is 11.3 Å². The largest absolute Gasteiger partial charge is 0.271 e. The molecule has 0 saturated carbocycles. The molecule has 2 nitrogen and oxygen atoms in total. The van der Waals surface area contributed by atoms with Gasteiger partial charge in [-0.25, -0.2) is 4.39 Å². The molecular formula is C13H21FN2. The van der Waals surface area contributed by atoms with Gasteiger partial charge in [-0.2, -0.15) is 0 Å². The van der Waals surface area contributed by atoms with Gasteiger partial charge < -0.3 is 0 Å². The van der Waals surface area contributed by atoms with Crippen LogP contribution in [0.5, 0.6) is 0 Å². The van der Waals surface area contributed by atoms with Gasteiger partial charge in [0, 0.05) is 6.04 Å². The molecule has 1 aromatic rings. The fraction of sp³-hybridized carbons (Fsp3) is 0.538. The van der Waals surface area contributed by atoms with E-state index < -0.39 is 0 Å². The standard InChI is InChI=1S/C13H21FN2/c1-9-7-10(14)5-6-11(9)12(16-15)8-13(2,3)4/h5-7,12,16H,8,15H2,1-4H3. The molecule has 1 atom stereocenters. The number of hydrazine groups is 1. The van der Waals surface area contributed by atoms with E-state index in [9.17, 15) is 4.39 Å². The second-order valence-electron chi connectivity index (χ2n) is 5.48. The van der Waals surface area contributed by atoms with Crippen LogP contribution in [-0.4, -0.2) is 0 Å². The van der Waals surface area contributed by atoms with E-state index in [4.69, 9.17) is 5.84 Å². The molecule has 0 spiro atoms. The summed E-state index contributed by atoms with van der Waals surface area (Å²) in [6.07, 6.45) is 0.913. The van der Waals surface area contributed by atoms with Crippen molar-refractivity contribution in [3.63, 3.8) is 0 Å². The quantitative estimate of drug-likeness (QED) is 0.611. The molecule has 0 aliphatic carbocycles.